The van der Waals surface area contributed by atoms with Gasteiger partial charge in [0.05, 0.1) is 31.9 Å². The van der Waals surface area contributed by atoms with Crippen LogP contribution in [-0.4, -0.2) is 101 Å². The second kappa shape index (κ2) is 9.51. The van der Waals surface area contributed by atoms with Crippen LogP contribution in [0.25, 0.3) is 0 Å². The van der Waals surface area contributed by atoms with E-state index in [1.165, 1.54) is 23.1 Å². The molecule has 238 valence electrons. The van der Waals surface area contributed by atoms with Crippen LogP contribution in [0, 0.1) is 40.4 Å². The number of alkyl halides is 1. The van der Waals surface area contributed by atoms with Gasteiger partial charge in [0.25, 0.3) is 5.91 Å². The maximum atomic E-state index is 15.3. The number of fused-ring (bicyclic) bond motifs is 7. The van der Waals surface area contributed by atoms with Gasteiger partial charge >= 0.3 is 6.09 Å². The average molecular weight is 623 g/mol. The SMILES string of the molecule is COC(=O)N[C@H](C(=O)N1C[C@@H]2[C@H]3C[C@@H]([C@@H]2[C@H]1C(=O)N1C[C@@]2(C[C@H]1C#N)Oc1cccnc1NC2=O)[C@H](F)C3)C12COC(C)(C1)C2. The summed E-state index contributed by atoms with van der Waals surface area (Å²) in [5.41, 5.74) is -2.57. The molecule has 1 aromatic rings. The lowest BCUT2D eigenvalue weighted by Gasteiger charge is -2.47. The predicted molar refractivity (Wildman–Crippen MR) is 151 cm³/mol. The third-order valence-corrected chi connectivity index (χ3v) is 11.8. The second-order valence-electron chi connectivity index (χ2n) is 14.3. The largest absolute Gasteiger partial charge is 0.472 e. The number of nitrogens with one attached hydrogen (secondary N) is 2. The molecule has 1 spiro atoms. The Bertz CT molecular complexity index is 1540. The first-order valence-electron chi connectivity index (χ1n) is 15.6. The number of aromatic nitrogens is 1. The van der Waals surface area contributed by atoms with Crippen molar-refractivity contribution in [3.63, 3.8) is 0 Å². The maximum Gasteiger partial charge on any atom is 0.407 e. The highest BCUT2D eigenvalue weighted by atomic mass is 19.1. The van der Waals surface area contributed by atoms with Crippen molar-refractivity contribution in [2.75, 3.05) is 32.1 Å². The molecule has 45 heavy (non-hydrogen) atoms. The zero-order chi connectivity index (χ0) is 31.5. The number of pyridine rings is 1. The van der Waals surface area contributed by atoms with Crippen LogP contribution in [0.5, 0.6) is 5.75 Å². The van der Waals surface area contributed by atoms with Crippen LogP contribution in [0.4, 0.5) is 15.0 Å². The number of alkyl carbamates (subject to hydrolysis) is 1. The Kier molecular flexibility index (Phi) is 6.02. The zero-order valence-electron chi connectivity index (χ0n) is 25.0. The van der Waals surface area contributed by atoms with Gasteiger partial charge < -0.3 is 34.6 Å². The normalized spacial score (nSPS) is 42.3. The van der Waals surface area contributed by atoms with Crippen LogP contribution in [0.15, 0.2) is 18.3 Å². The highest BCUT2D eigenvalue weighted by Crippen LogP contribution is 2.62. The van der Waals surface area contributed by atoms with Crippen LogP contribution in [0.2, 0.25) is 0 Å². The van der Waals surface area contributed by atoms with Crippen LogP contribution >= 0.6 is 0 Å². The molecular weight excluding hydrogens is 587 g/mol. The van der Waals surface area contributed by atoms with Gasteiger partial charge in [-0.3, -0.25) is 14.4 Å². The molecule has 2 N–H and O–H groups in total. The summed E-state index contributed by atoms with van der Waals surface area (Å²) in [7, 11) is 1.22. The van der Waals surface area contributed by atoms with Gasteiger partial charge in [-0.15, -0.1) is 0 Å². The summed E-state index contributed by atoms with van der Waals surface area (Å²) < 4.78 is 32.3. The Labute approximate surface area is 258 Å². The number of halogens is 1. The summed E-state index contributed by atoms with van der Waals surface area (Å²) in [5.74, 6) is -1.79. The fourth-order valence-corrected chi connectivity index (χ4v) is 9.99. The molecule has 6 heterocycles. The van der Waals surface area contributed by atoms with Gasteiger partial charge in [0.15, 0.2) is 11.6 Å². The smallest absolute Gasteiger partial charge is 0.407 e. The number of nitrogens with zero attached hydrogens (tertiary/aromatic N) is 4. The quantitative estimate of drug-likeness (QED) is 0.505. The summed E-state index contributed by atoms with van der Waals surface area (Å²) in [5, 5.41) is 15.7. The first-order valence-corrected chi connectivity index (χ1v) is 15.6. The summed E-state index contributed by atoms with van der Waals surface area (Å²) in [6, 6.07) is 2.38. The van der Waals surface area contributed by atoms with E-state index in [9.17, 15) is 24.4 Å². The molecule has 4 amide bonds. The maximum absolute atomic E-state index is 15.3. The summed E-state index contributed by atoms with van der Waals surface area (Å²) in [6.45, 7) is 2.27. The summed E-state index contributed by atoms with van der Waals surface area (Å²) in [4.78, 5) is 62.2. The topological polar surface area (TPSA) is 163 Å². The number of carbonyl (C=O) groups is 4. The van der Waals surface area contributed by atoms with E-state index in [1.807, 2.05) is 6.92 Å². The second-order valence-corrected chi connectivity index (χ2v) is 14.3. The molecule has 4 saturated heterocycles. The Morgan fingerprint density at radius 1 is 1.27 bits per heavy atom. The summed E-state index contributed by atoms with van der Waals surface area (Å²) in [6.07, 6.45) is 1.74. The number of methoxy groups -OCH3 is 1. The van der Waals surface area contributed by atoms with Crippen molar-refractivity contribution in [2.45, 2.75) is 74.5 Å². The number of hydrogen-bond acceptors (Lipinski definition) is 9. The van der Waals surface area contributed by atoms with Crippen LogP contribution in [0.3, 0.4) is 0 Å². The van der Waals surface area contributed by atoms with E-state index in [4.69, 9.17) is 14.2 Å². The molecule has 0 aromatic carbocycles. The molecule has 4 bridgehead atoms. The van der Waals surface area contributed by atoms with Crippen LogP contribution in [-0.2, 0) is 23.9 Å². The van der Waals surface area contributed by atoms with Gasteiger partial charge in [-0.05, 0) is 68.4 Å². The number of likely N-dealkylation sites (tertiary alicyclic amines) is 2. The lowest BCUT2D eigenvalue weighted by molar-refractivity contribution is -0.150. The van der Waals surface area contributed by atoms with Crippen molar-refractivity contribution >= 4 is 29.6 Å². The number of hydrogen-bond donors (Lipinski definition) is 2. The third kappa shape index (κ3) is 3.95. The molecular formula is C31H35FN6O7. The first kappa shape index (κ1) is 28.5. The predicted octanol–water partition coefficient (Wildman–Crippen LogP) is 1.39. The Morgan fingerprint density at radius 2 is 2.07 bits per heavy atom. The molecule has 3 saturated carbocycles. The molecule has 7 fully saturated rings. The molecule has 13 nitrogen and oxygen atoms in total. The van der Waals surface area contributed by atoms with E-state index >= 15 is 4.39 Å². The fourth-order valence-electron chi connectivity index (χ4n) is 9.99. The van der Waals surface area contributed by atoms with Crippen molar-refractivity contribution in [2.24, 2.45) is 29.1 Å². The van der Waals surface area contributed by atoms with Gasteiger partial charge in [-0.1, -0.05) is 0 Å². The molecule has 0 unspecified atom stereocenters. The minimum atomic E-state index is -1.53. The highest BCUT2D eigenvalue weighted by molar-refractivity contribution is 6.01. The Hall–Kier alpha value is -3.99. The van der Waals surface area contributed by atoms with Crippen molar-refractivity contribution < 1.29 is 37.8 Å². The first-order chi connectivity index (χ1) is 21.5. The average Bonchev–Trinajstić information content (AvgIpc) is 3.84. The van der Waals surface area contributed by atoms with E-state index in [2.05, 4.69) is 21.7 Å². The van der Waals surface area contributed by atoms with Crippen molar-refractivity contribution in [1.82, 2.24) is 20.1 Å². The monoisotopic (exact) mass is 622 g/mol. The minimum absolute atomic E-state index is 0.0308. The van der Waals surface area contributed by atoms with Gasteiger partial charge in [-0.25, -0.2) is 14.2 Å². The van der Waals surface area contributed by atoms with Gasteiger partial charge in [0.2, 0.25) is 17.4 Å². The van der Waals surface area contributed by atoms with E-state index in [1.54, 1.807) is 12.1 Å². The molecule has 3 aliphatic carbocycles. The molecule has 5 aliphatic heterocycles. The van der Waals surface area contributed by atoms with Gasteiger partial charge in [-0.2, -0.15) is 5.26 Å². The van der Waals surface area contributed by atoms with Crippen molar-refractivity contribution in [3.05, 3.63) is 18.3 Å². The summed E-state index contributed by atoms with van der Waals surface area (Å²) >= 11 is 0. The third-order valence-electron chi connectivity index (χ3n) is 11.8. The lowest BCUT2D eigenvalue weighted by Crippen LogP contribution is -2.64. The van der Waals surface area contributed by atoms with E-state index in [0.29, 0.717) is 31.4 Å². The lowest BCUT2D eigenvalue weighted by atomic mass is 9.59. The van der Waals surface area contributed by atoms with Gasteiger partial charge in [0, 0.05) is 24.6 Å². The van der Waals surface area contributed by atoms with Crippen LogP contribution in [0.1, 0.15) is 39.0 Å². The number of nitriles is 1. The molecule has 8 aliphatic rings. The molecule has 1 aromatic heterocycles. The standard InChI is InChI=1S/C31H35FN6O7/c1-29-11-30(12-29,14-44-29)23(35-28(42)43-2)26(40)37-10-18-15-6-17(19(32)7-15)21(18)22(37)25(39)38-13-31(8-16(38)9-33)27(41)36-24-20(45-31)4-3-5-34-24/h3-5,15-19,21-23H,6-8,10-14H2,1-2H3,(H,35,42)(H,34,36,41)/t15-,16-,17+,18+,19+,21-,22-,23+,29?,30?,31+/m0/s1. The minimum Gasteiger partial charge on any atom is -0.472 e. The number of rotatable bonds is 4. The van der Waals surface area contributed by atoms with Crippen molar-refractivity contribution in [3.8, 4) is 11.8 Å². The van der Waals surface area contributed by atoms with E-state index in [-0.39, 0.29) is 49.4 Å². The van der Waals surface area contributed by atoms with E-state index < -0.39 is 71.0 Å². The van der Waals surface area contributed by atoms with Crippen molar-refractivity contribution in [1.29, 1.82) is 5.26 Å². The number of carbonyl (C=O) groups excluding carboxylic acids is 4. The molecule has 9 rings (SSSR count). The molecule has 0 radical (unpaired) electrons. The number of anilines is 1. The number of amides is 4. The van der Waals surface area contributed by atoms with Gasteiger partial charge in [0.1, 0.15) is 24.3 Å². The van der Waals surface area contributed by atoms with E-state index in [0.717, 1.165) is 0 Å². The molecule has 9 atom stereocenters. The zero-order valence-corrected chi connectivity index (χ0v) is 25.0. The fraction of sp³-hybridized carbons (Fsp3) is 0.677. The van der Waals surface area contributed by atoms with Crippen LogP contribution < -0.4 is 15.4 Å². The highest BCUT2D eigenvalue weighted by Gasteiger charge is 2.69. The number of ether oxygens (including phenoxy) is 3. The molecule has 14 heteroatoms. The Balaban J connectivity index is 1.14. The Morgan fingerprint density at radius 3 is 2.78 bits per heavy atom.